The fourth-order valence-corrected chi connectivity index (χ4v) is 0. The normalized spacial score (nSPS) is 0. The van der Waals surface area contributed by atoms with E-state index < -0.39 is 0 Å². The molecule has 0 spiro atoms. The van der Waals surface area contributed by atoms with Crippen LogP contribution in [0.25, 0.3) is 0 Å². The molecule has 0 atom stereocenters. The van der Waals surface area contributed by atoms with Crippen molar-refractivity contribution in [3.05, 3.63) is 0 Å². The fourth-order valence-electron chi connectivity index (χ4n) is 0. The van der Waals surface area contributed by atoms with E-state index in [9.17, 15) is 0 Å². The van der Waals surface area contributed by atoms with Crippen LogP contribution in [0, 0.1) is 0 Å². The molecule has 0 saturated heterocycles. The minimum atomic E-state index is 0. The van der Waals surface area contributed by atoms with E-state index in [1.54, 1.807) is 0 Å². The van der Waals surface area contributed by atoms with Crippen LogP contribution in [0.1, 0.15) is 0 Å². The van der Waals surface area contributed by atoms with Crippen molar-refractivity contribution in [2.45, 2.75) is 0 Å². The Morgan fingerprint density at radius 3 is 0.500 bits per heavy atom. The molecule has 0 aromatic rings. The van der Waals surface area contributed by atoms with Gasteiger partial charge in [0.2, 0.25) is 0 Å². The van der Waals surface area contributed by atoms with Crippen molar-refractivity contribution in [1.29, 1.82) is 0 Å². The molecule has 2 radical (unpaired) electrons. The predicted molar refractivity (Wildman–Crippen MR) is 1.37 cm³/mol. The summed E-state index contributed by atoms with van der Waals surface area (Å²) >= 11 is 0. The Balaban J connectivity index is 0. The minimum Gasteiger partial charge on any atom is -2.00 e. The van der Waals surface area contributed by atoms with E-state index in [2.05, 4.69) is 0 Å². The molecule has 2 nitrogen and oxygen atoms in total. The van der Waals surface area contributed by atoms with Gasteiger partial charge in [-0.15, -0.1) is 0 Å². The van der Waals surface area contributed by atoms with Crippen LogP contribution in [0.5, 0.6) is 0 Å². The third-order valence-electron chi connectivity index (χ3n) is 0. The van der Waals surface area contributed by atoms with Gasteiger partial charge in [0, 0.05) is 44.8 Å². The van der Waals surface area contributed by atoms with Crippen LogP contribution in [0.4, 0.5) is 0 Å². The van der Waals surface area contributed by atoms with E-state index in [4.69, 9.17) is 0 Å². The van der Waals surface area contributed by atoms with Crippen molar-refractivity contribution in [3.63, 3.8) is 0 Å². The Hall–Kier alpha value is 2.88. The molecule has 0 aliphatic carbocycles. The molecule has 6 heavy (non-hydrogen) atoms. The molecule has 0 amide bonds. The standard InChI is InChI=1S/4Ag.2O/q;;2*+1;2*-2. The largest absolute Gasteiger partial charge is 2.00 e. The molecular weight excluding hydrogens is 463 g/mol. The summed E-state index contributed by atoms with van der Waals surface area (Å²) in [6, 6.07) is 0. The predicted octanol–water partition coefficient (Wildman–Crippen LogP) is -0.248. The van der Waals surface area contributed by atoms with Crippen LogP contribution in [-0.2, 0) is 100 Å². The summed E-state index contributed by atoms with van der Waals surface area (Å²) in [4.78, 5) is 0. The van der Waals surface area contributed by atoms with Crippen LogP contribution in [0.15, 0.2) is 0 Å². The van der Waals surface area contributed by atoms with Gasteiger partial charge in [-0.3, -0.25) is 0 Å². The van der Waals surface area contributed by atoms with Crippen molar-refractivity contribution in [2.24, 2.45) is 0 Å². The van der Waals surface area contributed by atoms with Gasteiger partial charge in [-0.1, -0.05) is 0 Å². The first-order valence-electron chi connectivity index (χ1n) is 0. The zero-order chi connectivity index (χ0) is 0. The van der Waals surface area contributed by atoms with Crippen LogP contribution >= 0.6 is 0 Å². The Kier molecular flexibility index (Phi) is 498. The summed E-state index contributed by atoms with van der Waals surface area (Å²) in [7, 11) is 0. The van der Waals surface area contributed by atoms with Gasteiger partial charge in [-0.05, 0) is 0 Å². The van der Waals surface area contributed by atoms with Gasteiger partial charge in [0.1, 0.15) is 0 Å². The quantitative estimate of drug-likeness (QED) is 0.445. The van der Waals surface area contributed by atoms with Gasteiger partial charge in [0.15, 0.2) is 0 Å². The number of rotatable bonds is 0. The molecule has 0 heterocycles. The fraction of sp³-hybridized carbons (Fsp3) is 0. The zero-order valence-corrected chi connectivity index (χ0v) is 7.95. The molecule has 0 bridgehead atoms. The molecule has 0 rings (SSSR count). The maximum Gasteiger partial charge on any atom is 1.00 e. The second-order valence-electron chi connectivity index (χ2n) is 0. The first-order chi connectivity index (χ1) is 0. The van der Waals surface area contributed by atoms with Gasteiger partial charge < -0.3 is 11.0 Å². The number of hydrogen-bond acceptors (Lipinski definition) is 0. The van der Waals surface area contributed by atoms with E-state index in [0.29, 0.717) is 0 Å². The molecule has 0 aliphatic heterocycles. The number of hydrogen-bond donors (Lipinski definition) is 0. The topological polar surface area (TPSA) is 57.0 Å². The summed E-state index contributed by atoms with van der Waals surface area (Å²) in [5, 5.41) is 0. The van der Waals surface area contributed by atoms with Gasteiger partial charge in [0.05, 0.1) is 0 Å². The minimum absolute atomic E-state index is 0. The Labute approximate surface area is 98.9 Å². The van der Waals surface area contributed by atoms with Crippen molar-refractivity contribution in [2.75, 3.05) is 0 Å². The first-order valence-corrected chi connectivity index (χ1v) is 0. The van der Waals surface area contributed by atoms with Crippen molar-refractivity contribution in [3.8, 4) is 0 Å². The summed E-state index contributed by atoms with van der Waals surface area (Å²) in [6.07, 6.45) is 0. The average molecular weight is 463 g/mol. The monoisotopic (exact) mass is 460 g/mol. The van der Waals surface area contributed by atoms with Crippen LogP contribution in [0.2, 0.25) is 0 Å². The zero-order valence-electron chi connectivity index (χ0n) is 2.02. The Morgan fingerprint density at radius 1 is 0.500 bits per heavy atom. The van der Waals surface area contributed by atoms with Crippen LogP contribution < -0.4 is 0 Å². The van der Waals surface area contributed by atoms with Gasteiger partial charge in [-0.25, -0.2) is 0 Å². The third kappa shape index (κ3) is 28.7. The molecule has 58 valence electrons. The average Bonchev–Trinajstić information content (AvgIpc) is 0. The molecule has 0 fully saturated rings. The first kappa shape index (κ1) is 66.5. The van der Waals surface area contributed by atoms with E-state index in [-0.39, 0.29) is 100 Å². The van der Waals surface area contributed by atoms with Crippen LogP contribution in [0.3, 0.4) is 0 Å². The molecule has 0 aromatic heterocycles. The van der Waals surface area contributed by atoms with E-state index in [1.807, 2.05) is 0 Å². The van der Waals surface area contributed by atoms with Gasteiger partial charge in [-0.2, -0.15) is 0 Å². The third-order valence-corrected chi connectivity index (χ3v) is 0. The SMILES string of the molecule is [Ag+].[Ag+].[Ag].[Ag].[O-2].[O-2]. The molecule has 0 N–H and O–H groups in total. The molecule has 0 aromatic carbocycles. The molecule has 0 saturated carbocycles. The van der Waals surface area contributed by atoms with Gasteiger partial charge in [0.25, 0.3) is 0 Å². The second-order valence-corrected chi connectivity index (χ2v) is 0. The van der Waals surface area contributed by atoms with E-state index in [1.165, 1.54) is 0 Å². The van der Waals surface area contributed by atoms with E-state index >= 15 is 0 Å². The van der Waals surface area contributed by atoms with Crippen molar-refractivity contribution < 1.29 is 100 Å². The van der Waals surface area contributed by atoms with Crippen molar-refractivity contribution in [1.82, 2.24) is 0 Å². The molecule has 0 aliphatic rings. The molecule has 0 unspecified atom stereocenters. The summed E-state index contributed by atoms with van der Waals surface area (Å²) in [5.74, 6) is 0. The second kappa shape index (κ2) is 45.0. The van der Waals surface area contributed by atoms with Crippen molar-refractivity contribution >= 4 is 0 Å². The van der Waals surface area contributed by atoms with E-state index in [0.717, 1.165) is 0 Å². The molecule has 6 heteroatoms. The maximum absolute atomic E-state index is 0. The summed E-state index contributed by atoms with van der Waals surface area (Å²) in [5.41, 5.74) is 0. The smallest absolute Gasteiger partial charge is 1.00 e. The molecular formula is Ag4O2-2. The Morgan fingerprint density at radius 2 is 0.500 bits per heavy atom. The van der Waals surface area contributed by atoms with Crippen LogP contribution in [-0.4, -0.2) is 0 Å². The van der Waals surface area contributed by atoms with Gasteiger partial charge >= 0.3 is 44.8 Å². The Bertz CT molecular complexity index is 5.51. The summed E-state index contributed by atoms with van der Waals surface area (Å²) < 4.78 is 0. The summed E-state index contributed by atoms with van der Waals surface area (Å²) in [6.45, 7) is 0. The maximum atomic E-state index is 0.